The van der Waals surface area contributed by atoms with Crippen molar-refractivity contribution in [3.05, 3.63) is 63.9 Å². The number of thiophene rings is 1. The lowest BCUT2D eigenvalue weighted by atomic mass is 10.1. The maximum absolute atomic E-state index is 10.6. The Morgan fingerprint density at radius 2 is 2.19 bits per heavy atom. The van der Waals surface area contributed by atoms with Crippen molar-refractivity contribution < 1.29 is 9.90 Å². The fourth-order valence-electron chi connectivity index (χ4n) is 2.13. The van der Waals surface area contributed by atoms with Crippen LogP contribution in [0.1, 0.15) is 29.0 Å². The summed E-state index contributed by atoms with van der Waals surface area (Å²) in [6, 6.07) is 12.5. The minimum atomic E-state index is -0.927. The molecule has 110 valence electrons. The van der Waals surface area contributed by atoms with Gasteiger partial charge in [-0.2, -0.15) is 0 Å². The monoisotopic (exact) mass is 301 g/mol. The van der Waals surface area contributed by atoms with Crippen molar-refractivity contribution in [1.82, 2.24) is 4.90 Å². The molecule has 1 atom stereocenters. The Hall–Kier alpha value is -1.91. The highest BCUT2D eigenvalue weighted by atomic mass is 32.1. The van der Waals surface area contributed by atoms with E-state index in [0.29, 0.717) is 6.04 Å². The molecule has 0 aliphatic heterocycles. The standard InChI is InChI=1S/C17H19NO2S/c1-13(16-7-4-10-21-16)18(2)12-15-6-3-5-14(11-15)8-9-17(19)20/h3-11,13H,12H2,1-2H3,(H,19,20). The first-order chi connectivity index (χ1) is 10.1. The van der Waals surface area contributed by atoms with Crippen LogP contribution in [0.2, 0.25) is 0 Å². The second kappa shape index (κ2) is 7.20. The number of carboxylic acids is 1. The van der Waals surface area contributed by atoms with E-state index in [1.54, 1.807) is 17.4 Å². The highest BCUT2D eigenvalue weighted by molar-refractivity contribution is 7.10. The number of hydrogen-bond donors (Lipinski definition) is 1. The summed E-state index contributed by atoms with van der Waals surface area (Å²) < 4.78 is 0. The summed E-state index contributed by atoms with van der Waals surface area (Å²) in [5.41, 5.74) is 2.08. The summed E-state index contributed by atoms with van der Waals surface area (Å²) in [7, 11) is 2.10. The van der Waals surface area contributed by atoms with Gasteiger partial charge in [-0.15, -0.1) is 11.3 Å². The molecule has 1 aromatic carbocycles. The van der Waals surface area contributed by atoms with Crippen LogP contribution in [0.5, 0.6) is 0 Å². The largest absolute Gasteiger partial charge is 0.478 e. The summed E-state index contributed by atoms with van der Waals surface area (Å²) in [6.07, 6.45) is 2.78. The molecule has 0 fully saturated rings. The lowest BCUT2D eigenvalue weighted by Crippen LogP contribution is -2.21. The van der Waals surface area contributed by atoms with E-state index in [0.717, 1.165) is 18.2 Å². The van der Waals surface area contributed by atoms with Gasteiger partial charge in [0.2, 0.25) is 0 Å². The molecule has 3 nitrogen and oxygen atoms in total. The molecule has 21 heavy (non-hydrogen) atoms. The Morgan fingerprint density at radius 3 is 2.86 bits per heavy atom. The second-order valence-electron chi connectivity index (χ2n) is 5.02. The highest BCUT2D eigenvalue weighted by Gasteiger charge is 2.12. The van der Waals surface area contributed by atoms with E-state index < -0.39 is 5.97 Å². The average molecular weight is 301 g/mol. The number of benzene rings is 1. The molecule has 4 heteroatoms. The molecule has 0 aliphatic carbocycles. The molecular formula is C17H19NO2S. The third-order valence-corrected chi connectivity index (χ3v) is 4.46. The van der Waals surface area contributed by atoms with Gasteiger partial charge in [-0.1, -0.05) is 30.3 Å². The zero-order chi connectivity index (χ0) is 15.2. The predicted octanol–water partition coefficient (Wildman–Crippen LogP) is 4.04. The van der Waals surface area contributed by atoms with Crippen LogP contribution in [0.3, 0.4) is 0 Å². The van der Waals surface area contributed by atoms with E-state index in [9.17, 15) is 4.79 Å². The Labute approximate surface area is 129 Å². The van der Waals surface area contributed by atoms with Crippen LogP contribution < -0.4 is 0 Å². The van der Waals surface area contributed by atoms with Crippen LogP contribution in [0, 0.1) is 0 Å². The quantitative estimate of drug-likeness (QED) is 0.819. The topological polar surface area (TPSA) is 40.5 Å². The van der Waals surface area contributed by atoms with E-state index in [1.807, 2.05) is 18.2 Å². The third-order valence-electron chi connectivity index (χ3n) is 3.42. The zero-order valence-electron chi connectivity index (χ0n) is 12.2. The number of rotatable bonds is 6. The maximum atomic E-state index is 10.6. The van der Waals surface area contributed by atoms with Crippen molar-refractivity contribution in [3.63, 3.8) is 0 Å². The Kier molecular flexibility index (Phi) is 5.31. The predicted molar refractivity (Wildman–Crippen MR) is 87.3 cm³/mol. The van der Waals surface area contributed by atoms with Crippen molar-refractivity contribution in [2.45, 2.75) is 19.5 Å². The second-order valence-corrected chi connectivity index (χ2v) is 6.00. The lowest BCUT2D eigenvalue weighted by molar-refractivity contribution is -0.131. The number of hydrogen-bond acceptors (Lipinski definition) is 3. The van der Waals surface area contributed by atoms with Crippen LogP contribution in [-0.2, 0) is 11.3 Å². The molecule has 0 saturated heterocycles. The van der Waals surface area contributed by atoms with E-state index in [-0.39, 0.29) is 0 Å². The van der Waals surface area contributed by atoms with Crippen LogP contribution in [0.15, 0.2) is 47.9 Å². The van der Waals surface area contributed by atoms with E-state index in [4.69, 9.17) is 5.11 Å². The maximum Gasteiger partial charge on any atom is 0.328 e. The van der Waals surface area contributed by atoms with E-state index in [1.165, 1.54) is 10.4 Å². The SMILES string of the molecule is CC(c1cccs1)N(C)Cc1cccc(C=CC(=O)O)c1. The zero-order valence-corrected chi connectivity index (χ0v) is 13.0. The molecule has 0 bridgehead atoms. The van der Waals surface area contributed by atoms with Crippen LogP contribution in [0.4, 0.5) is 0 Å². The third kappa shape index (κ3) is 4.55. The van der Waals surface area contributed by atoms with E-state index >= 15 is 0 Å². The molecule has 1 N–H and O–H groups in total. The average Bonchev–Trinajstić information content (AvgIpc) is 2.98. The van der Waals surface area contributed by atoms with Gasteiger partial charge in [-0.3, -0.25) is 4.90 Å². The van der Waals surface area contributed by atoms with Crippen molar-refractivity contribution >= 4 is 23.4 Å². The summed E-state index contributed by atoms with van der Waals surface area (Å²) in [4.78, 5) is 14.2. The van der Waals surface area contributed by atoms with Gasteiger partial charge < -0.3 is 5.11 Å². The first-order valence-corrected chi connectivity index (χ1v) is 7.68. The Balaban J connectivity index is 2.05. The smallest absolute Gasteiger partial charge is 0.328 e. The molecule has 1 aromatic heterocycles. The molecule has 0 radical (unpaired) electrons. The van der Waals surface area contributed by atoms with Gasteiger partial charge in [-0.05, 0) is 42.6 Å². The van der Waals surface area contributed by atoms with Crippen molar-refractivity contribution in [2.24, 2.45) is 0 Å². The number of carbonyl (C=O) groups is 1. The number of nitrogens with zero attached hydrogens (tertiary/aromatic N) is 1. The molecule has 0 saturated carbocycles. The van der Waals surface area contributed by atoms with Crippen molar-refractivity contribution in [1.29, 1.82) is 0 Å². The number of carboxylic acid groups (broad SMARTS) is 1. The Bertz CT molecular complexity index is 619. The fourth-order valence-corrected chi connectivity index (χ4v) is 2.98. The molecule has 2 rings (SSSR count). The molecular weight excluding hydrogens is 282 g/mol. The summed E-state index contributed by atoms with van der Waals surface area (Å²) in [6.45, 7) is 3.02. The summed E-state index contributed by atoms with van der Waals surface area (Å²) >= 11 is 1.77. The van der Waals surface area contributed by atoms with Crippen molar-refractivity contribution in [3.8, 4) is 0 Å². The van der Waals surface area contributed by atoms with Gasteiger partial charge in [-0.25, -0.2) is 4.79 Å². The molecule has 0 amide bonds. The number of aliphatic carboxylic acids is 1. The van der Waals surface area contributed by atoms with Crippen LogP contribution >= 0.6 is 11.3 Å². The first-order valence-electron chi connectivity index (χ1n) is 6.80. The van der Waals surface area contributed by atoms with Crippen LogP contribution in [0.25, 0.3) is 6.08 Å². The van der Waals surface area contributed by atoms with Crippen LogP contribution in [-0.4, -0.2) is 23.0 Å². The minimum Gasteiger partial charge on any atom is -0.478 e. The van der Waals surface area contributed by atoms with E-state index in [2.05, 4.69) is 42.5 Å². The molecule has 1 unspecified atom stereocenters. The molecule has 2 aromatic rings. The first kappa shape index (κ1) is 15.5. The molecule has 0 spiro atoms. The van der Waals surface area contributed by atoms with Gasteiger partial charge in [0.25, 0.3) is 0 Å². The highest BCUT2D eigenvalue weighted by Crippen LogP contribution is 2.24. The lowest BCUT2D eigenvalue weighted by Gasteiger charge is -2.24. The van der Waals surface area contributed by atoms with Gasteiger partial charge in [0.05, 0.1) is 0 Å². The summed E-state index contributed by atoms with van der Waals surface area (Å²) in [5.74, 6) is -0.927. The Morgan fingerprint density at radius 1 is 1.38 bits per heavy atom. The fraction of sp³-hybridized carbons (Fsp3) is 0.235. The molecule has 0 aliphatic rings. The molecule has 1 heterocycles. The van der Waals surface area contributed by atoms with Gasteiger partial charge in [0.1, 0.15) is 0 Å². The van der Waals surface area contributed by atoms with Gasteiger partial charge >= 0.3 is 5.97 Å². The minimum absolute atomic E-state index is 0.364. The van der Waals surface area contributed by atoms with Gasteiger partial charge in [0.15, 0.2) is 0 Å². The van der Waals surface area contributed by atoms with Crippen molar-refractivity contribution in [2.75, 3.05) is 7.05 Å². The normalized spacial score (nSPS) is 12.9. The van der Waals surface area contributed by atoms with Gasteiger partial charge in [0, 0.05) is 23.5 Å². The summed E-state index contributed by atoms with van der Waals surface area (Å²) in [5, 5.41) is 10.8.